The van der Waals surface area contributed by atoms with Gasteiger partial charge in [0.25, 0.3) is 11.5 Å². The minimum absolute atomic E-state index is 0.152. The summed E-state index contributed by atoms with van der Waals surface area (Å²) in [5.41, 5.74) is -0.833. The van der Waals surface area contributed by atoms with E-state index in [9.17, 15) is 22.8 Å². The van der Waals surface area contributed by atoms with E-state index in [1.165, 1.54) is 12.1 Å². The Morgan fingerprint density at radius 3 is 2.40 bits per heavy atom. The highest BCUT2D eigenvalue weighted by Crippen LogP contribution is 2.71. The molecule has 43 heavy (non-hydrogen) atoms. The van der Waals surface area contributed by atoms with Crippen molar-refractivity contribution in [3.05, 3.63) is 75.5 Å². The number of aryl methyl sites for hydroxylation is 1. The predicted molar refractivity (Wildman–Crippen MR) is 154 cm³/mol. The molecule has 0 radical (unpaired) electrons. The summed E-state index contributed by atoms with van der Waals surface area (Å²) in [7, 11) is 1.86. The molecule has 0 aliphatic heterocycles. The minimum atomic E-state index is -4.67. The van der Waals surface area contributed by atoms with E-state index >= 15 is 4.39 Å². The smallest absolute Gasteiger partial charge is 0.320 e. The van der Waals surface area contributed by atoms with Crippen LogP contribution in [0.5, 0.6) is 0 Å². The fraction of sp³-hybridized carbons (Fsp3) is 0.548. The van der Waals surface area contributed by atoms with Crippen LogP contribution in [0.15, 0.2) is 41.6 Å². The zero-order valence-electron chi connectivity index (χ0n) is 25.1. The Hall–Kier alpha value is -3.54. The normalized spacial score (nSPS) is 18.4. The van der Waals surface area contributed by atoms with Gasteiger partial charge >= 0.3 is 6.18 Å². The lowest BCUT2D eigenvalue weighted by Crippen LogP contribution is -2.59. The standard InChI is InChI=1S/C31H38F4N6O2/c1-19(2)10-36-11-20-8-22(26(43)41(12-20)17-31(33,34)35)25(42)38-24-9-21(6-7-23(24)32)30(27-39-37-18-40(27)5)15-29(16-30)13-28(3,4)14-29/h6-9,12,18-19,36H,10-11,13-17H2,1-5H3,(H,38,42). The lowest BCUT2D eigenvalue weighted by Gasteiger charge is -2.66. The first-order valence-electron chi connectivity index (χ1n) is 14.5. The van der Waals surface area contributed by atoms with Crippen LogP contribution in [-0.4, -0.2) is 38.0 Å². The number of halogens is 4. The molecule has 2 saturated carbocycles. The predicted octanol–water partition coefficient (Wildman–Crippen LogP) is 5.56. The van der Waals surface area contributed by atoms with Crippen LogP contribution >= 0.6 is 0 Å². The van der Waals surface area contributed by atoms with Gasteiger partial charge in [0.1, 0.15) is 30.1 Å². The Morgan fingerprint density at radius 1 is 1.12 bits per heavy atom. The van der Waals surface area contributed by atoms with E-state index < -0.39 is 41.0 Å². The molecule has 0 saturated heterocycles. The van der Waals surface area contributed by atoms with Gasteiger partial charge in [-0.05, 0) is 78.3 Å². The van der Waals surface area contributed by atoms with E-state index in [0.29, 0.717) is 16.7 Å². The maximum absolute atomic E-state index is 15.1. The number of aromatic nitrogens is 4. The average molecular weight is 603 g/mol. The Kier molecular flexibility index (Phi) is 7.81. The van der Waals surface area contributed by atoms with Gasteiger partial charge in [0.2, 0.25) is 0 Å². The van der Waals surface area contributed by atoms with Crippen molar-refractivity contribution in [3.63, 3.8) is 0 Å². The number of nitrogens with one attached hydrogen (secondary N) is 2. The summed E-state index contributed by atoms with van der Waals surface area (Å²) >= 11 is 0. The van der Waals surface area contributed by atoms with Crippen molar-refractivity contribution in [2.75, 3.05) is 11.9 Å². The molecule has 1 amide bonds. The molecule has 0 bridgehead atoms. The molecule has 1 aromatic carbocycles. The van der Waals surface area contributed by atoms with E-state index in [2.05, 4.69) is 34.7 Å². The summed E-state index contributed by atoms with van der Waals surface area (Å²) in [5.74, 6) is -0.691. The monoisotopic (exact) mass is 602 g/mol. The number of carbonyl (C=O) groups is 1. The van der Waals surface area contributed by atoms with E-state index in [-0.39, 0.29) is 29.0 Å². The SMILES string of the molecule is CC(C)CNCc1cc(C(=O)Nc2cc(C3(c4nncn4C)CC4(CC(C)(C)C4)C3)ccc2F)c(=O)n(CC(F)(F)F)c1. The van der Waals surface area contributed by atoms with E-state index in [1.54, 1.807) is 18.5 Å². The molecule has 2 aromatic heterocycles. The summed E-state index contributed by atoms with van der Waals surface area (Å²) in [5, 5.41) is 14.0. The molecule has 3 aromatic rings. The van der Waals surface area contributed by atoms with Crippen molar-refractivity contribution in [2.45, 2.75) is 78.1 Å². The number of rotatable bonds is 9. The van der Waals surface area contributed by atoms with Crippen molar-refractivity contribution in [1.29, 1.82) is 0 Å². The van der Waals surface area contributed by atoms with Gasteiger partial charge in [0.15, 0.2) is 0 Å². The second kappa shape index (κ2) is 10.9. The van der Waals surface area contributed by atoms with Crippen LogP contribution < -0.4 is 16.2 Å². The van der Waals surface area contributed by atoms with Gasteiger partial charge < -0.3 is 19.8 Å². The lowest BCUT2D eigenvalue weighted by molar-refractivity contribution is -0.141. The van der Waals surface area contributed by atoms with Gasteiger partial charge in [-0.1, -0.05) is 33.8 Å². The number of hydrogen-bond donors (Lipinski definition) is 2. The number of alkyl halides is 3. The van der Waals surface area contributed by atoms with E-state index in [1.807, 2.05) is 25.5 Å². The van der Waals surface area contributed by atoms with Crippen LogP contribution in [0.4, 0.5) is 23.2 Å². The fourth-order valence-electron chi connectivity index (χ4n) is 7.55. The number of anilines is 1. The van der Waals surface area contributed by atoms with E-state index in [4.69, 9.17) is 0 Å². The molecular weight excluding hydrogens is 564 g/mol. The Bertz CT molecular complexity index is 1570. The molecule has 232 valence electrons. The van der Waals surface area contributed by atoms with E-state index in [0.717, 1.165) is 43.3 Å². The Morgan fingerprint density at radius 2 is 1.81 bits per heavy atom. The van der Waals surface area contributed by atoms with Gasteiger partial charge in [0.05, 0.1) is 11.1 Å². The lowest BCUT2D eigenvalue weighted by atomic mass is 9.38. The first kappa shape index (κ1) is 30.9. The first-order valence-corrected chi connectivity index (χ1v) is 14.5. The summed E-state index contributed by atoms with van der Waals surface area (Å²) in [6.07, 6.45) is 1.76. The summed E-state index contributed by atoms with van der Waals surface area (Å²) in [6.45, 7) is 7.62. The highest BCUT2D eigenvalue weighted by atomic mass is 19.4. The Balaban J connectivity index is 1.46. The quantitative estimate of drug-likeness (QED) is 0.313. The second-order valence-corrected chi connectivity index (χ2v) is 13.7. The summed E-state index contributed by atoms with van der Waals surface area (Å²) in [6, 6.07) is 5.73. The van der Waals surface area contributed by atoms with Crippen LogP contribution in [0, 0.1) is 22.6 Å². The zero-order chi connectivity index (χ0) is 31.4. The highest BCUT2D eigenvalue weighted by molar-refractivity contribution is 6.04. The molecule has 5 rings (SSSR count). The molecule has 1 spiro atoms. The topological polar surface area (TPSA) is 93.8 Å². The molecule has 8 nitrogen and oxygen atoms in total. The van der Waals surface area contributed by atoms with Crippen LogP contribution in [0.25, 0.3) is 0 Å². The maximum atomic E-state index is 15.1. The molecule has 2 aliphatic rings. The molecular formula is C31H38F4N6O2. The third-order valence-corrected chi connectivity index (χ3v) is 8.59. The van der Waals surface area contributed by atoms with Crippen molar-refractivity contribution in [1.82, 2.24) is 24.6 Å². The third-order valence-electron chi connectivity index (χ3n) is 8.59. The van der Waals surface area contributed by atoms with Crippen molar-refractivity contribution >= 4 is 11.6 Å². The van der Waals surface area contributed by atoms with Crippen LogP contribution in [0.3, 0.4) is 0 Å². The van der Waals surface area contributed by atoms with Gasteiger partial charge in [-0.2, -0.15) is 13.2 Å². The van der Waals surface area contributed by atoms with Gasteiger partial charge in [0, 0.05) is 19.8 Å². The Labute approximate surface area is 247 Å². The maximum Gasteiger partial charge on any atom is 0.406 e. The van der Waals surface area contributed by atoms with Crippen molar-refractivity contribution in [3.8, 4) is 0 Å². The van der Waals surface area contributed by atoms with Crippen LogP contribution in [-0.2, 0) is 25.6 Å². The number of carbonyl (C=O) groups excluding carboxylic acids is 1. The van der Waals surface area contributed by atoms with Gasteiger partial charge in [-0.3, -0.25) is 9.59 Å². The largest absolute Gasteiger partial charge is 0.406 e. The highest BCUT2D eigenvalue weighted by Gasteiger charge is 2.64. The first-order chi connectivity index (χ1) is 20.0. The third kappa shape index (κ3) is 6.25. The minimum Gasteiger partial charge on any atom is -0.320 e. The summed E-state index contributed by atoms with van der Waals surface area (Å²) in [4.78, 5) is 26.4. The van der Waals surface area contributed by atoms with Crippen LogP contribution in [0.1, 0.15) is 80.7 Å². The molecule has 0 atom stereocenters. The average Bonchev–Trinajstić information content (AvgIpc) is 3.28. The molecule has 2 heterocycles. The molecule has 2 fully saturated rings. The second-order valence-electron chi connectivity index (χ2n) is 13.7. The van der Waals surface area contributed by atoms with Gasteiger partial charge in [-0.25, -0.2) is 4.39 Å². The van der Waals surface area contributed by atoms with Gasteiger partial charge in [-0.15, -0.1) is 10.2 Å². The fourth-order valence-corrected chi connectivity index (χ4v) is 7.55. The number of pyridine rings is 1. The number of benzene rings is 1. The molecule has 2 N–H and O–H groups in total. The van der Waals surface area contributed by atoms with Crippen LogP contribution in [0.2, 0.25) is 0 Å². The zero-order valence-corrected chi connectivity index (χ0v) is 25.1. The molecule has 2 aliphatic carbocycles. The summed E-state index contributed by atoms with van der Waals surface area (Å²) < 4.78 is 57.3. The van der Waals surface area contributed by atoms with Crippen molar-refractivity contribution in [2.24, 2.45) is 23.8 Å². The number of nitrogens with zero attached hydrogens (tertiary/aromatic N) is 4. The molecule has 12 heteroatoms. The molecule has 0 unspecified atom stereocenters. The van der Waals surface area contributed by atoms with Crippen molar-refractivity contribution < 1.29 is 22.4 Å². The number of hydrogen-bond acceptors (Lipinski definition) is 5. The number of amides is 1.